The van der Waals surface area contributed by atoms with Gasteiger partial charge in [-0.15, -0.1) is 0 Å². The van der Waals surface area contributed by atoms with Crippen molar-refractivity contribution in [3.8, 4) is 5.75 Å². The van der Waals surface area contributed by atoms with Gasteiger partial charge in [0.2, 0.25) is 10.0 Å². The Morgan fingerprint density at radius 2 is 1.90 bits per heavy atom. The number of hydrogen-bond acceptors (Lipinski definition) is 4. The van der Waals surface area contributed by atoms with Gasteiger partial charge in [0, 0.05) is 23.7 Å². The van der Waals surface area contributed by atoms with Crippen molar-refractivity contribution in [2.75, 3.05) is 12.8 Å². The van der Waals surface area contributed by atoms with Crippen LogP contribution in [0.5, 0.6) is 5.75 Å². The molecular weight excluding hydrogens is 276 g/mol. The quantitative estimate of drug-likeness (QED) is 0.717. The molecule has 0 fully saturated rings. The Labute approximate surface area is 121 Å². The first kappa shape index (κ1) is 16.9. The van der Waals surface area contributed by atoms with Gasteiger partial charge in [-0.2, -0.15) is 0 Å². The van der Waals surface area contributed by atoms with Gasteiger partial charge in [0.05, 0.1) is 6.26 Å². The van der Waals surface area contributed by atoms with Crippen molar-refractivity contribution in [2.45, 2.75) is 38.8 Å². The minimum absolute atomic E-state index is 0.0168. The maximum atomic E-state index is 11.3. The molecule has 0 amide bonds. The Balaban J connectivity index is 2.74. The topological polar surface area (TPSA) is 78.4 Å². The van der Waals surface area contributed by atoms with Crippen molar-refractivity contribution < 1.29 is 13.5 Å². The number of benzene rings is 1. The summed E-state index contributed by atoms with van der Waals surface area (Å²) in [5.74, 6) is 0.251. The van der Waals surface area contributed by atoms with Crippen LogP contribution in [-0.2, 0) is 10.0 Å². The number of para-hydroxylation sites is 1. The molecule has 114 valence electrons. The molecule has 0 aromatic heterocycles. The van der Waals surface area contributed by atoms with E-state index in [4.69, 9.17) is 0 Å². The number of phenols is 1. The van der Waals surface area contributed by atoms with Gasteiger partial charge >= 0.3 is 0 Å². The van der Waals surface area contributed by atoms with E-state index in [0.29, 0.717) is 6.54 Å². The Kier molecular flexibility index (Phi) is 5.56. The van der Waals surface area contributed by atoms with Crippen LogP contribution in [0.3, 0.4) is 0 Å². The summed E-state index contributed by atoms with van der Waals surface area (Å²) in [6, 6.07) is 7.16. The van der Waals surface area contributed by atoms with Crippen LogP contribution in [0, 0.1) is 0 Å². The summed E-state index contributed by atoms with van der Waals surface area (Å²) in [5, 5.41) is 13.2. The zero-order chi connectivity index (χ0) is 15.4. The predicted octanol–water partition coefficient (Wildman–Crippen LogP) is 1.76. The van der Waals surface area contributed by atoms with Crippen LogP contribution in [0.25, 0.3) is 0 Å². The summed E-state index contributed by atoms with van der Waals surface area (Å²) in [6.45, 7) is 6.12. The van der Waals surface area contributed by atoms with Gasteiger partial charge < -0.3 is 10.4 Å². The average Bonchev–Trinajstić information content (AvgIpc) is 2.28. The monoisotopic (exact) mass is 300 g/mol. The van der Waals surface area contributed by atoms with E-state index in [1.165, 1.54) is 0 Å². The molecule has 1 rings (SSSR count). The lowest BCUT2D eigenvalue weighted by Gasteiger charge is -2.28. The molecular formula is C14H24N2O3S. The molecule has 0 radical (unpaired) electrons. The fourth-order valence-electron chi connectivity index (χ4n) is 2.17. The highest BCUT2D eigenvalue weighted by molar-refractivity contribution is 7.88. The third kappa shape index (κ3) is 5.48. The van der Waals surface area contributed by atoms with E-state index < -0.39 is 15.6 Å². The standard InChI is InChI=1S/C14H24N2O3S/c1-5-12(11-8-6-7-9-13(11)17)15-10-14(2,3)16-20(4,18)19/h6-9,12,15-17H,5,10H2,1-4H3. The fraction of sp³-hybridized carbons (Fsp3) is 0.571. The van der Waals surface area contributed by atoms with Crippen LogP contribution < -0.4 is 10.0 Å². The van der Waals surface area contributed by atoms with E-state index >= 15 is 0 Å². The normalized spacial score (nSPS) is 14.2. The van der Waals surface area contributed by atoms with Gasteiger partial charge in [-0.05, 0) is 26.3 Å². The van der Waals surface area contributed by atoms with Crippen LogP contribution in [0.1, 0.15) is 38.8 Å². The highest BCUT2D eigenvalue weighted by Crippen LogP contribution is 2.26. The van der Waals surface area contributed by atoms with Crippen molar-refractivity contribution in [1.82, 2.24) is 10.0 Å². The van der Waals surface area contributed by atoms with Crippen LogP contribution in [0.2, 0.25) is 0 Å². The van der Waals surface area contributed by atoms with Crippen LogP contribution >= 0.6 is 0 Å². The molecule has 5 nitrogen and oxygen atoms in total. The van der Waals surface area contributed by atoms with Crippen molar-refractivity contribution in [2.24, 2.45) is 0 Å². The van der Waals surface area contributed by atoms with Crippen LogP contribution in [0.4, 0.5) is 0 Å². The Bertz CT molecular complexity index is 541. The lowest BCUT2D eigenvalue weighted by atomic mass is 10.0. The van der Waals surface area contributed by atoms with Gasteiger partial charge in [0.25, 0.3) is 0 Å². The summed E-state index contributed by atoms with van der Waals surface area (Å²) < 4.78 is 25.2. The second-order valence-corrected chi connectivity index (χ2v) is 7.41. The van der Waals surface area contributed by atoms with Crippen LogP contribution in [0.15, 0.2) is 24.3 Å². The predicted molar refractivity (Wildman–Crippen MR) is 81.2 cm³/mol. The Hall–Kier alpha value is -1.11. The fourth-order valence-corrected chi connectivity index (χ4v) is 3.25. The van der Waals surface area contributed by atoms with Gasteiger partial charge in [-0.25, -0.2) is 13.1 Å². The maximum absolute atomic E-state index is 11.3. The Morgan fingerprint density at radius 3 is 2.40 bits per heavy atom. The van der Waals surface area contributed by atoms with Gasteiger partial charge in [0.15, 0.2) is 0 Å². The van der Waals surface area contributed by atoms with E-state index in [-0.39, 0.29) is 11.8 Å². The molecule has 20 heavy (non-hydrogen) atoms. The Morgan fingerprint density at radius 1 is 1.30 bits per heavy atom. The first-order chi connectivity index (χ1) is 9.14. The number of sulfonamides is 1. The smallest absolute Gasteiger partial charge is 0.209 e. The maximum Gasteiger partial charge on any atom is 0.209 e. The minimum Gasteiger partial charge on any atom is -0.508 e. The summed E-state index contributed by atoms with van der Waals surface area (Å²) >= 11 is 0. The lowest BCUT2D eigenvalue weighted by Crippen LogP contribution is -2.50. The van der Waals surface area contributed by atoms with E-state index in [1.807, 2.05) is 32.9 Å². The summed E-state index contributed by atoms with van der Waals surface area (Å²) in [5.41, 5.74) is 0.232. The molecule has 0 aliphatic rings. The van der Waals surface area contributed by atoms with E-state index in [1.54, 1.807) is 12.1 Å². The van der Waals surface area contributed by atoms with E-state index in [9.17, 15) is 13.5 Å². The molecule has 0 saturated carbocycles. The SMILES string of the molecule is CCC(NCC(C)(C)NS(C)(=O)=O)c1ccccc1O. The van der Waals surface area contributed by atoms with Crippen LogP contribution in [-0.4, -0.2) is 31.9 Å². The molecule has 6 heteroatoms. The number of rotatable bonds is 7. The van der Waals surface area contributed by atoms with Crippen molar-refractivity contribution in [3.63, 3.8) is 0 Å². The molecule has 1 aromatic carbocycles. The van der Waals surface area contributed by atoms with Gasteiger partial charge in [-0.3, -0.25) is 0 Å². The second-order valence-electron chi connectivity index (χ2n) is 5.66. The first-order valence-corrected chi connectivity index (χ1v) is 8.54. The molecule has 0 bridgehead atoms. The molecule has 1 atom stereocenters. The highest BCUT2D eigenvalue weighted by atomic mass is 32.2. The van der Waals surface area contributed by atoms with Crippen molar-refractivity contribution in [1.29, 1.82) is 0 Å². The molecule has 1 aromatic rings. The second kappa shape index (κ2) is 6.56. The summed E-state index contributed by atoms with van der Waals surface area (Å²) in [7, 11) is -3.25. The minimum atomic E-state index is -3.25. The summed E-state index contributed by atoms with van der Waals surface area (Å²) in [4.78, 5) is 0. The third-order valence-electron chi connectivity index (χ3n) is 2.97. The number of nitrogens with one attached hydrogen (secondary N) is 2. The zero-order valence-electron chi connectivity index (χ0n) is 12.5. The highest BCUT2D eigenvalue weighted by Gasteiger charge is 2.23. The summed E-state index contributed by atoms with van der Waals surface area (Å²) in [6.07, 6.45) is 1.95. The largest absolute Gasteiger partial charge is 0.508 e. The molecule has 0 saturated heterocycles. The zero-order valence-corrected chi connectivity index (χ0v) is 13.3. The lowest BCUT2D eigenvalue weighted by molar-refractivity contribution is 0.377. The number of phenolic OH excluding ortho intramolecular Hbond substituents is 1. The van der Waals surface area contributed by atoms with E-state index in [0.717, 1.165) is 18.2 Å². The number of aromatic hydroxyl groups is 1. The van der Waals surface area contributed by atoms with E-state index in [2.05, 4.69) is 10.0 Å². The third-order valence-corrected chi connectivity index (χ3v) is 3.90. The van der Waals surface area contributed by atoms with Crippen molar-refractivity contribution in [3.05, 3.63) is 29.8 Å². The average molecular weight is 300 g/mol. The van der Waals surface area contributed by atoms with Gasteiger partial charge in [-0.1, -0.05) is 25.1 Å². The molecule has 0 aliphatic heterocycles. The molecule has 0 heterocycles. The molecule has 3 N–H and O–H groups in total. The molecule has 0 spiro atoms. The van der Waals surface area contributed by atoms with Crippen molar-refractivity contribution >= 4 is 10.0 Å². The molecule has 0 aliphatic carbocycles. The molecule has 1 unspecified atom stereocenters. The number of hydrogen-bond donors (Lipinski definition) is 3. The van der Waals surface area contributed by atoms with Gasteiger partial charge in [0.1, 0.15) is 5.75 Å². The first-order valence-electron chi connectivity index (χ1n) is 6.65.